The summed E-state index contributed by atoms with van der Waals surface area (Å²) in [6.45, 7) is 4.98. The van der Waals surface area contributed by atoms with Crippen LogP contribution in [0.4, 0.5) is 4.39 Å². The highest BCUT2D eigenvalue weighted by Gasteiger charge is 2.21. The topological polar surface area (TPSA) is 57.5 Å². The standard InChI is InChI=1S/C27H22FNO4/c1-16-6-7-19(10-17(16)2)26(30)22-15-29(14-18-4-3-5-20(28)11-18)23-13-25-24(32-8-9-33-25)12-21(23)27(22)31/h3-7,10-13,15H,8-9,14H2,1-2H3. The van der Waals surface area contributed by atoms with E-state index in [0.29, 0.717) is 46.7 Å². The van der Waals surface area contributed by atoms with Crippen molar-refractivity contribution in [1.82, 2.24) is 4.57 Å². The van der Waals surface area contributed by atoms with E-state index in [2.05, 4.69) is 0 Å². The first-order valence-corrected chi connectivity index (χ1v) is 10.7. The number of rotatable bonds is 4. The molecule has 0 saturated heterocycles. The van der Waals surface area contributed by atoms with Crippen LogP contribution in [-0.2, 0) is 6.54 Å². The van der Waals surface area contributed by atoms with Crippen LogP contribution in [0.3, 0.4) is 0 Å². The van der Waals surface area contributed by atoms with Crippen molar-refractivity contribution < 1.29 is 18.7 Å². The van der Waals surface area contributed by atoms with Crippen LogP contribution in [0.1, 0.15) is 32.6 Å². The molecule has 5 rings (SSSR count). The quantitative estimate of drug-likeness (QED) is 0.425. The molecule has 5 nitrogen and oxygen atoms in total. The smallest absolute Gasteiger partial charge is 0.200 e. The molecule has 166 valence electrons. The van der Waals surface area contributed by atoms with E-state index in [9.17, 15) is 14.0 Å². The molecule has 3 aromatic carbocycles. The number of benzene rings is 3. The van der Waals surface area contributed by atoms with E-state index in [1.54, 1.807) is 47.2 Å². The number of fused-ring (bicyclic) bond motifs is 2. The molecule has 6 heteroatoms. The maximum absolute atomic E-state index is 13.8. The molecule has 0 atom stereocenters. The number of halogens is 1. The number of aromatic nitrogens is 1. The Hall–Kier alpha value is -3.93. The lowest BCUT2D eigenvalue weighted by Crippen LogP contribution is -2.21. The van der Waals surface area contributed by atoms with Crippen LogP contribution in [0.15, 0.2) is 65.6 Å². The molecule has 0 fully saturated rings. The van der Waals surface area contributed by atoms with Gasteiger partial charge in [0.2, 0.25) is 5.43 Å². The third-order valence-electron chi connectivity index (χ3n) is 6.00. The fourth-order valence-electron chi connectivity index (χ4n) is 4.09. The first-order valence-electron chi connectivity index (χ1n) is 10.7. The minimum atomic E-state index is -0.374. The number of pyridine rings is 1. The number of ketones is 1. The van der Waals surface area contributed by atoms with E-state index in [4.69, 9.17) is 9.47 Å². The lowest BCUT2D eigenvalue weighted by atomic mass is 9.98. The number of carbonyl (C=O) groups excluding carboxylic acids is 1. The van der Waals surface area contributed by atoms with Gasteiger partial charge >= 0.3 is 0 Å². The van der Waals surface area contributed by atoms with Gasteiger partial charge in [-0.1, -0.05) is 24.3 Å². The van der Waals surface area contributed by atoms with Crippen LogP contribution in [0.5, 0.6) is 11.5 Å². The van der Waals surface area contributed by atoms with Gasteiger partial charge < -0.3 is 14.0 Å². The van der Waals surface area contributed by atoms with Crippen molar-refractivity contribution in [1.29, 1.82) is 0 Å². The summed E-state index contributed by atoms with van der Waals surface area (Å²) in [5.74, 6) is 0.305. The van der Waals surface area contributed by atoms with E-state index in [1.807, 2.05) is 19.9 Å². The Morgan fingerprint density at radius 2 is 1.73 bits per heavy atom. The molecule has 1 aliphatic heterocycles. The van der Waals surface area contributed by atoms with Gasteiger partial charge in [-0.2, -0.15) is 0 Å². The fourth-order valence-corrected chi connectivity index (χ4v) is 4.09. The molecule has 4 aromatic rings. The molecule has 0 bridgehead atoms. The van der Waals surface area contributed by atoms with Crippen molar-refractivity contribution in [3.8, 4) is 11.5 Å². The second-order valence-electron chi connectivity index (χ2n) is 8.27. The SMILES string of the molecule is Cc1ccc(C(=O)c2cn(Cc3cccc(F)c3)c3cc4c(cc3c2=O)OCCO4)cc1C. The van der Waals surface area contributed by atoms with Crippen LogP contribution in [0.2, 0.25) is 0 Å². The van der Waals surface area contributed by atoms with Gasteiger partial charge in [-0.25, -0.2) is 4.39 Å². The zero-order valence-corrected chi connectivity index (χ0v) is 18.4. The monoisotopic (exact) mass is 443 g/mol. The Bertz CT molecular complexity index is 1470. The Morgan fingerprint density at radius 3 is 2.45 bits per heavy atom. The minimum absolute atomic E-state index is 0.0545. The molecule has 0 amide bonds. The zero-order chi connectivity index (χ0) is 23.1. The third-order valence-corrected chi connectivity index (χ3v) is 6.00. The van der Waals surface area contributed by atoms with Crippen LogP contribution < -0.4 is 14.9 Å². The van der Waals surface area contributed by atoms with Crippen molar-refractivity contribution in [2.75, 3.05) is 13.2 Å². The molecule has 0 saturated carbocycles. The maximum atomic E-state index is 13.8. The summed E-state index contributed by atoms with van der Waals surface area (Å²) in [5, 5.41) is 0.352. The number of nitrogens with zero attached hydrogens (tertiary/aromatic N) is 1. The third kappa shape index (κ3) is 3.89. The number of aryl methyl sites for hydroxylation is 2. The van der Waals surface area contributed by atoms with Gasteiger partial charge in [0.1, 0.15) is 19.0 Å². The Labute approximate surface area is 190 Å². The van der Waals surface area contributed by atoms with Crippen LogP contribution >= 0.6 is 0 Å². The molecule has 0 radical (unpaired) electrons. The van der Waals surface area contributed by atoms with E-state index in [1.165, 1.54) is 12.1 Å². The molecule has 2 heterocycles. The first kappa shape index (κ1) is 20.9. The van der Waals surface area contributed by atoms with E-state index >= 15 is 0 Å². The maximum Gasteiger partial charge on any atom is 0.200 e. The Kier molecular flexibility index (Phi) is 5.21. The molecule has 0 spiro atoms. The molecule has 0 N–H and O–H groups in total. The van der Waals surface area contributed by atoms with Gasteiger partial charge in [-0.05, 0) is 54.8 Å². The number of ether oxygens (including phenoxy) is 2. The summed E-state index contributed by atoms with van der Waals surface area (Å²) >= 11 is 0. The molecule has 33 heavy (non-hydrogen) atoms. The van der Waals surface area contributed by atoms with Crippen molar-refractivity contribution in [2.45, 2.75) is 20.4 Å². The van der Waals surface area contributed by atoms with Crippen molar-refractivity contribution >= 4 is 16.7 Å². The summed E-state index contributed by atoms with van der Waals surface area (Å²) in [5.41, 5.74) is 3.46. The highest BCUT2D eigenvalue weighted by Crippen LogP contribution is 2.34. The Balaban J connectivity index is 1.72. The van der Waals surface area contributed by atoms with E-state index in [0.717, 1.165) is 11.1 Å². The van der Waals surface area contributed by atoms with E-state index < -0.39 is 0 Å². The van der Waals surface area contributed by atoms with Crippen molar-refractivity contribution in [3.05, 3.63) is 105 Å². The van der Waals surface area contributed by atoms with Crippen LogP contribution in [0, 0.1) is 19.7 Å². The van der Waals surface area contributed by atoms with Crippen molar-refractivity contribution in [3.63, 3.8) is 0 Å². The van der Waals surface area contributed by atoms with Crippen molar-refractivity contribution in [2.24, 2.45) is 0 Å². The molecular weight excluding hydrogens is 421 g/mol. The predicted octanol–water partition coefficient (Wildman–Crippen LogP) is 4.81. The lowest BCUT2D eigenvalue weighted by molar-refractivity contribution is 0.103. The number of carbonyl (C=O) groups is 1. The summed E-state index contributed by atoms with van der Waals surface area (Å²) in [7, 11) is 0. The average Bonchev–Trinajstić information content (AvgIpc) is 2.81. The predicted molar refractivity (Wildman–Crippen MR) is 124 cm³/mol. The van der Waals surface area contributed by atoms with Gasteiger partial charge in [0.15, 0.2) is 17.3 Å². The summed E-state index contributed by atoms with van der Waals surface area (Å²) in [6.07, 6.45) is 1.56. The minimum Gasteiger partial charge on any atom is -0.486 e. The lowest BCUT2D eigenvalue weighted by Gasteiger charge is -2.21. The summed E-state index contributed by atoms with van der Waals surface area (Å²) < 4.78 is 27.0. The number of hydrogen-bond acceptors (Lipinski definition) is 4. The molecule has 1 aromatic heterocycles. The highest BCUT2D eigenvalue weighted by atomic mass is 19.1. The van der Waals surface area contributed by atoms with Crippen LogP contribution in [0.25, 0.3) is 10.9 Å². The van der Waals surface area contributed by atoms with E-state index in [-0.39, 0.29) is 29.1 Å². The highest BCUT2D eigenvalue weighted by molar-refractivity contribution is 6.10. The number of hydrogen-bond donors (Lipinski definition) is 0. The molecule has 1 aliphatic rings. The zero-order valence-electron chi connectivity index (χ0n) is 18.4. The molecular formula is C27H22FNO4. The van der Waals surface area contributed by atoms with Gasteiger partial charge in [-0.15, -0.1) is 0 Å². The second kappa shape index (κ2) is 8.20. The second-order valence-corrected chi connectivity index (χ2v) is 8.27. The van der Waals surface area contributed by atoms with Gasteiger partial charge in [0.25, 0.3) is 0 Å². The van der Waals surface area contributed by atoms with Gasteiger partial charge in [0, 0.05) is 24.4 Å². The summed E-state index contributed by atoms with van der Waals surface area (Å²) in [4.78, 5) is 26.8. The van der Waals surface area contributed by atoms with Gasteiger partial charge in [0.05, 0.1) is 16.5 Å². The normalized spacial score (nSPS) is 12.7. The summed E-state index contributed by atoms with van der Waals surface area (Å²) in [6, 6.07) is 15.0. The first-order chi connectivity index (χ1) is 15.9. The largest absolute Gasteiger partial charge is 0.486 e. The molecule has 0 aliphatic carbocycles. The fraction of sp³-hybridized carbons (Fsp3) is 0.185. The van der Waals surface area contributed by atoms with Gasteiger partial charge in [-0.3, -0.25) is 9.59 Å². The average molecular weight is 443 g/mol. The Morgan fingerprint density at radius 1 is 0.970 bits per heavy atom. The van der Waals surface area contributed by atoms with Crippen LogP contribution in [-0.4, -0.2) is 23.6 Å². The molecule has 0 unspecified atom stereocenters.